The SMILES string of the molecule is Cc1cc(C(F)(F)F)cc(N2C(=O)N(CC[S+](C)[O-])CC2C(=O)N(C)c2ccc(F)c(Cl)c2)n1. The number of amides is 3. The third-order valence-electron chi connectivity index (χ3n) is 5.25. The van der Waals surface area contributed by atoms with E-state index in [1.807, 2.05) is 0 Å². The van der Waals surface area contributed by atoms with Gasteiger partial charge in [-0.2, -0.15) is 13.2 Å². The summed E-state index contributed by atoms with van der Waals surface area (Å²) in [7, 11) is 1.38. The van der Waals surface area contributed by atoms with E-state index in [0.29, 0.717) is 6.07 Å². The second kappa shape index (κ2) is 9.96. The Morgan fingerprint density at radius 2 is 2.00 bits per heavy atom. The number of rotatable bonds is 6. The van der Waals surface area contributed by atoms with Crippen LogP contribution in [0.5, 0.6) is 0 Å². The van der Waals surface area contributed by atoms with Crippen LogP contribution in [0.1, 0.15) is 11.3 Å². The molecule has 0 aliphatic carbocycles. The third-order valence-corrected chi connectivity index (χ3v) is 6.30. The smallest absolute Gasteiger partial charge is 0.416 e. The van der Waals surface area contributed by atoms with E-state index in [4.69, 9.17) is 11.6 Å². The van der Waals surface area contributed by atoms with Crippen molar-refractivity contribution in [2.45, 2.75) is 19.1 Å². The zero-order valence-electron chi connectivity index (χ0n) is 18.4. The zero-order chi connectivity index (χ0) is 25.4. The zero-order valence-corrected chi connectivity index (χ0v) is 20.0. The molecular formula is C21H21ClF4N4O3S. The summed E-state index contributed by atoms with van der Waals surface area (Å²) in [6.45, 7) is 1.22. The van der Waals surface area contributed by atoms with Crippen molar-refractivity contribution in [2.75, 3.05) is 41.9 Å². The monoisotopic (exact) mass is 520 g/mol. The second-order valence-corrected chi connectivity index (χ2v) is 9.70. The van der Waals surface area contributed by atoms with Crippen molar-refractivity contribution in [1.82, 2.24) is 9.88 Å². The minimum atomic E-state index is -4.69. The Labute approximate surface area is 201 Å². The van der Waals surface area contributed by atoms with Crippen LogP contribution in [0.25, 0.3) is 0 Å². The number of carbonyl (C=O) groups excluding carboxylic acids is 2. The Hall–Kier alpha value is -2.57. The Morgan fingerprint density at radius 3 is 2.59 bits per heavy atom. The Balaban J connectivity index is 2.02. The first kappa shape index (κ1) is 26.0. The van der Waals surface area contributed by atoms with E-state index in [1.165, 1.54) is 37.3 Å². The highest BCUT2D eigenvalue weighted by Gasteiger charge is 2.45. The Morgan fingerprint density at radius 1 is 1.32 bits per heavy atom. The normalized spacial score (nSPS) is 17.3. The van der Waals surface area contributed by atoms with Crippen molar-refractivity contribution in [3.63, 3.8) is 0 Å². The molecule has 0 saturated carbocycles. The number of nitrogens with zero attached hydrogens (tertiary/aromatic N) is 4. The van der Waals surface area contributed by atoms with Crippen molar-refractivity contribution in [3.8, 4) is 0 Å². The summed E-state index contributed by atoms with van der Waals surface area (Å²) >= 11 is 4.57. The van der Waals surface area contributed by atoms with Gasteiger partial charge in [0.1, 0.15) is 23.4 Å². The van der Waals surface area contributed by atoms with E-state index < -0.39 is 46.7 Å². The summed E-state index contributed by atoms with van der Waals surface area (Å²) in [6.07, 6.45) is -3.24. The molecule has 1 aromatic heterocycles. The minimum absolute atomic E-state index is 0.00982. The summed E-state index contributed by atoms with van der Waals surface area (Å²) in [6, 6.07) is 3.18. The van der Waals surface area contributed by atoms with Crippen LogP contribution in [0.4, 0.5) is 33.9 Å². The number of carbonyl (C=O) groups is 2. The number of pyridine rings is 1. The minimum Gasteiger partial charge on any atom is -0.617 e. The molecule has 1 aliphatic heterocycles. The number of anilines is 2. The van der Waals surface area contributed by atoms with Crippen LogP contribution >= 0.6 is 11.6 Å². The Kier molecular flexibility index (Phi) is 7.63. The summed E-state index contributed by atoms with van der Waals surface area (Å²) in [5, 5.41) is -0.223. The van der Waals surface area contributed by atoms with Gasteiger partial charge in [-0.25, -0.2) is 14.2 Å². The van der Waals surface area contributed by atoms with E-state index in [9.17, 15) is 31.7 Å². The van der Waals surface area contributed by atoms with Crippen LogP contribution in [0.3, 0.4) is 0 Å². The highest BCUT2D eigenvalue weighted by atomic mass is 35.5. The van der Waals surface area contributed by atoms with Crippen molar-refractivity contribution < 1.29 is 31.7 Å². The lowest BCUT2D eigenvalue weighted by Gasteiger charge is -2.27. The topological polar surface area (TPSA) is 79.8 Å². The molecule has 1 fully saturated rings. The lowest BCUT2D eigenvalue weighted by atomic mass is 10.1. The standard InChI is InChI=1S/C21H21ClF4N4O3S/c1-12-8-13(21(24,25)26)9-18(27-12)30-17(11-29(20(30)32)6-7-34(3)33)19(31)28(2)14-4-5-16(23)15(22)10-14/h4-5,8-10,17H,6-7,11H2,1-3H3. The van der Waals surface area contributed by atoms with Gasteiger partial charge in [0.25, 0.3) is 5.91 Å². The maximum absolute atomic E-state index is 13.6. The average molecular weight is 521 g/mol. The van der Waals surface area contributed by atoms with Gasteiger partial charge in [-0.3, -0.25) is 9.69 Å². The number of alkyl halides is 3. The number of hydrogen-bond acceptors (Lipinski definition) is 4. The fourth-order valence-corrected chi connectivity index (χ4v) is 4.16. The van der Waals surface area contributed by atoms with E-state index in [-0.39, 0.29) is 41.1 Å². The molecular weight excluding hydrogens is 500 g/mol. The molecule has 0 radical (unpaired) electrons. The molecule has 0 bridgehead atoms. The van der Waals surface area contributed by atoms with Crippen LogP contribution in [-0.2, 0) is 22.1 Å². The number of urea groups is 1. The van der Waals surface area contributed by atoms with Gasteiger partial charge < -0.3 is 14.4 Å². The predicted octanol–water partition coefficient (Wildman–Crippen LogP) is 3.85. The first-order valence-corrected chi connectivity index (χ1v) is 12.1. The molecule has 0 N–H and O–H groups in total. The summed E-state index contributed by atoms with van der Waals surface area (Å²) in [5.74, 6) is -1.54. The molecule has 34 heavy (non-hydrogen) atoms. The lowest BCUT2D eigenvalue weighted by molar-refractivity contribution is -0.137. The van der Waals surface area contributed by atoms with Gasteiger partial charge in [0, 0.05) is 18.4 Å². The Bertz CT molecular complexity index is 1100. The maximum Gasteiger partial charge on any atom is 0.416 e. The number of benzene rings is 1. The van der Waals surface area contributed by atoms with Gasteiger partial charge in [0.2, 0.25) is 0 Å². The van der Waals surface area contributed by atoms with Crippen LogP contribution in [0, 0.1) is 12.7 Å². The van der Waals surface area contributed by atoms with Gasteiger partial charge >= 0.3 is 12.2 Å². The largest absolute Gasteiger partial charge is 0.617 e. The van der Waals surface area contributed by atoms with Crippen LogP contribution in [-0.4, -0.2) is 64.6 Å². The van der Waals surface area contributed by atoms with Crippen molar-refractivity contribution in [1.29, 1.82) is 0 Å². The van der Waals surface area contributed by atoms with Crippen molar-refractivity contribution in [2.24, 2.45) is 0 Å². The molecule has 2 aromatic rings. The molecule has 1 saturated heterocycles. The highest BCUT2D eigenvalue weighted by molar-refractivity contribution is 7.90. The first-order chi connectivity index (χ1) is 15.8. The fraction of sp³-hybridized carbons (Fsp3) is 0.381. The number of hydrogen-bond donors (Lipinski definition) is 0. The van der Waals surface area contributed by atoms with Gasteiger partial charge in [0.15, 0.2) is 0 Å². The van der Waals surface area contributed by atoms with Gasteiger partial charge in [-0.1, -0.05) is 22.8 Å². The van der Waals surface area contributed by atoms with Crippen molar-refractivity contribution in [3.05, 3.63) is 52.4 Å². The third kappa shape index (κ3) is 5.56. The maximum atomic E-state index is 13.6. The molecule has 3 amide bonds. The molecule has 2 unspecified atom stereocenters. The van der Waals surface area contributed by atoms with E-state index >= 15 is 0 Å². The van der Waals surface area contributed by atoms with Gasteiger partial charge in [-0.15, -0.1) is 0 Å². The number of aryl methyl sites for hydroxylation is 1. The highest BCUT2D eigenvalue weighted by Crippen LogP contribution is 2.34. The van der Waals surface area contributed by atoms with Crippen LogP contribution in [0.2, 0.25) is 5.02 Å². The first-order valence-electron chi connectivity index (χ1n) is 9.96. The van der Waals surface area contributed by atoms with E-state index in [2.05, 4.69) is 4.98 Å². The molecule has 1 aromatic carbocycles. The average Bonchev–Trinajstić information content (AvgIpc) is 3.08. The van der Waals surface area contributed by atoms with Crippen LogP contribution in [0.15, 0.2) is 30.3 Å². The number of halogens is 5. The molecule has 7 nitrogen and oxygen atoms in total. The fourth-order valence-electron chi connectivity index (χ4n) is 3.51. The molecule has 184 valence electrons. The number of aromatic nitrogens is 1. The summed E-state index contributed by atoms with van der Waals surface area (Å²) in [4.78, 5) is 33.9. The summed E-state index contributed by atoms with van der Waals surface area (Å²) in [5.41, 5.74) is -0.776. The molecule has 13 heteroatoms. The molecule has 0 spiro atoms. The lowest BCUT2D eigenvalue weighted by Crippen LogP contribution is -2.47. The number of likely N-dealkylation sites (N-methyl/N-ethyl adjacent to an activating group) is 1. The molecule has 2 heterocycles. The second-order valence-electron chi connectivity index (χ2n) is 7.74. The van der Waals surface area contributed by atoms with Crippen molar-refractivity contribution >= 4 is 46.2 Å². The summed E-state index contributed by atoms with van der Waals surface area (Å²) < 4.78 is 65.3. The predicted molar refractivity (Wildman–Crippen MR) is 121 cm³/mol. The van der Waals surface area contributed by atoms with Gasteiger partial charge in [0.05, 0.1) is 29.9 Å². The van der Waals surface area contributed by atoms with E-state index in [1.54, 1.807) is 0 Å². The van der Waals surface area contributed by atoms with E-state index in [0.717, 1.165) is 21.9 Å². The van der Waals surface area contributed by atoms with Crippen LogP contribution < -0.4 is 9.80 Å². The van der Waals surface area contributed by atoms with Gasteiger partial charge in [-0.05, 0) is 37.3 Å². The molecule has 2 atom stereocenters. The quantitative estimate of drug-likeness (QED) is 0.428. The molecule has 1 aliphatic rings. The molecule has 3 rings (SSSR count).